The maximum atomic E-state index is 12.7. The highest BCUT2D eigenvalue weighted by molar-refractivity contribution is 7.89. The minimum atomic E-state index is -3.65. The Morgan fingerprint density at radius 1 is 1.21 bits per heavy atom. The first-order valence-corrected chi connectivity index (χ1v) is 8.91. The van der Waals surface area contributed by atoms with Gasteiger partial charge < -0.3 is 5.32 Å². The molecule has 9 heteroatoms. The minimum absolute atomic E-state index is 0. The lowest BCUT2D eigenvalue weighted by molar-refractivity contribution is 0.0693. The van der Waals surface area contributed by atoms with Gasteiger partial charge in [-0.15, -0.1) is 12.4 Å². The van der Waals surface area contributed by atoms with Crippen LogP contribution in [0.1, 0.15) is 27.1 Å². The van der Waals surface area contributed by atoms with Crippen molar-refractivity contribution in [3.05, 3.63) is 29.3 Å². The molecule has 7 nitrogen and oxygen atoms in total. The third-order valence-electron chi connectivity index (χ3n) is 4.44. The first-order chi connectivity index (χ1) is 10.9. The number of benzene rings is 1. The number of hydrogen-bond donors (Lipinski definition) is 1. The van der Waals surface area contributed by atoms with E-state index in [9.17, 15) is 18.0 Å². The fourth-order valence-electron chi connectivity index (χ4n) is 3.12. The smallest absolute Gasteiger partial charge is 0.261 e. The van der Waals surface area contributed by atoms with Gasteiger partial charge in [-0.2, -0.15) is 4.31 Å². The standard InChI is InChI=1S/C15H19N3O4S.ClH/c1-16-8-10-5-6-18(9-10)23(21,22)11-3-4-12-13(7-11)15(20)17(2)14(12)19;/h3-4,7,10,16H,5-6,8-9H2,1-2H3;1H. The van der Waals surface area contributed by atoms with Crippen molar-refractivity contribution in [1.82, 2.24) is 14.5 Å². The molecule has 0 saturated carbocycles. The van der Waals surface area contributed by atoms with Gasteiger partial charge in [-0.25, -0.2) is 8.42 Å². The molecule has 0 spiro atoms. The van der Waals surface area contributed by atoms with Crippen LogP contribution in [0.5, 0.6) is 0 Å². The molecule has 1 aromatic rings. The summed E-state index contributed by atoms with van der Waals surface area (Å²) < 4.78 is 26.9. The molecule has 1 fully saturated rings. The molecular weight excluding hydrogens is 354 g/mol. The first kappa shape index (κ1) is 18.9. The van der Waals surface area contributed by atoms with E-state index in [4.69, 9.17) is 0 Å². The molecule has 1 atom stereocenters. The number of carbonyl (C=O) groups excluding carboxylic acids is 2. The highest BCUT2D eigenvalue weighted by Crippen LogP contribution is 2.28. The number of halogens is 1. The van der Waals surface area contributed by atoms with Crippen LogP contribution in [0.25, 0.3) is 0 Å². The zero-order chi connectivity index (χ0) is 16.8. The topological polar surface area (TPSA) is 86.8 Å². The van der Waals surface area contributed by atoms with Gasteiger partial charge in [-0.05, 0) is 44.1 Å². The lowest BCUT2D eigenvalue weighted by Gasteiger charge is -2.17. The number of amides is 2. The quantitative estimate of drug-likeness (QED) is 0.779. The second-order valence-corrected chi connectivity index (χ2v) is 7.89. The van der Waals surface area contributed by atoms with E-state index in [1.807, 2.05) is 7.05 Å². The zero-order valence-corrected chi connectivity index (χ0v) is 15.1. The number of hydrogen-bond acceptors (Lipinski definition) is 5. The summed E-state index contributed by atoms with van der Waals surface area (Å²) in [5.41, 5.74) is 0.412. The van der Waals surface area contributed by atoms with Gasteiger partial charge in [-0.3, -0.25) is 14.5 Å². The van der Waals surface area contributed by atoms with E-state index < -0.39 is 21.8 Å². The number of nitrogens with zero attached hydrogens (tertiary/aromatic N) is 2. The van der Waals surface area contributed by atoms with E-state index in [2.05, 4.69) is 5.32 Å². The van der Waals surface area contributed by atoms with Gasteiger partial charge in [0.05, 0.1) is 16.0 Å². The molecule has 2 amide bonds. The largest absolute Gasteiger partial charge is 0.319 e. The third kappa shape index (κ3) is 2.95. The zero-order valence-electron chi connectivity index (χ0n) is 13.5. The van der Waals surface area contributed by atoms with Crippen molar-refractivity contribution in [3.8, 4) is 0 Å². The highest BCUT2D eigenvalue weighted by atomic mass is 35.5. The molecule has 0 bridgehead atoms. The Hall–Kier alpha value is -1.48. The summed E-state index contributed by atoms with van der Waals surface area (Å²) in [7, 11) is -0.412. The van der Waals surface area contributed by atoms with Gasteiger partial charge in [0, 0.05) is 20.1 Å². The predicted octanol–water partition coefficient (Wildman–Crippen LogP) is 0.564. The average Bonchev–Trinajstić information content (AvgIpc) is 3.08. The monoisotopic (exact) mass is 373 g/mol. The number of rotatable bonds is 4. The Balaban J connectivity index is 0.00000208. The van der Waals surface area contributed by atoms with Crippen molar-refractivity contribution in [3.63, 3.8) is 0 Å². The van der Waals surface area contributed by atoms with E-state index >= 15 is 0 Å². The second kappa shape index (κ2) is 6.79. The van der Waals surface area contributed by atoms with Crippen LogP contribution in [-0.4, -0.2) is 63.2 Å². The number of sulfonamides is 1. The van der Waals surface area contributed by atoms with Crippen LogP contribution in [-0.2, 0) is 10.0 Å². The average molecular weight is 374 g/mol. The fraction of sp³-hybridized carbons (Fsp3) is 0.467. The normalized spacial score (nSPS) is 21.1. The fourth-order valence-corrected chi connectivity index (χ4v) is 4.68. The van der Waals surface area contributed by atoms with E-state index in [-0.39, 0.29) is 28.4 Å². The summed E-state index contributed by atoms with van der Waals surface area (Å²) in [4.78, 5) is 25.0. The van der Waals surface area contributed by atoms with Gasteiger partial charge in [-0.1, -0.05) is 0 Å². The van der Waals surface area contributed by atoms with E-state index in [0.717, 1.165) is 17.9 Å². The number of imide groups is 1. The van der Waals surface area contributed by atoms with Crippen LogP contribution in [0.4, 0.5) is 0 Å². The Bertz CT molecular complexity index is 781. The first-order valence-electron chi connectivity index (χ1n) is 7.47. The molecule has 1 saturated heterocycles. The maximum absolute atomic E-state index is 12.7. The van der Waals surface area contributed by atoms with E-state index in [1.54, 1.807) is 0 Å². The van der Waals surface area contributed by atoms with Crippen LogP contribution >= 0.6 is 12.4 Å². The summed E-state index contributed by atoms with van der Waals surface area (Å²) in [6, 6.07) is 4.15. The lowest BCUT2D eigenvalue weighted by atomic mass is 10.1. The van der Waals surface area contributed by atoms with E-state index in [0.29, 0.717) is 19.0 Å². The van der Waals surface area contributed by atoms with Crippen LogP contribution in [0.3, 0.4) is 0 Å². The van der Waals surface area contributed by atoms with Crippen molar-refractivity contribution in [2.24, 2.45) is 5.92 Å². The van der Waals surface area contributed by atoms with Crippen molar-refractivity contribution in [1.29, 1.82) is 0 Å². The molecule has 0 aliphatic carbocycles. The summed E-state index contributed by atoms with van der Waals surface area (Å²) in [6.07, 6.45) is 0.811. The van der Waals surface area contributed by atoms with Crippen molar-refractivity contribution >= 4 is 34.2 Å². The molecule has 2 heterocycles. The second-order valence-electron chi connectivity index (χ2n) is 5.95. The molecule has 1 aromatic carbocycles. The molecule has 1 N–H and O–H groups in total. The van der Waals surface area contributed by atoms with Crippen LogP contribution in [0.2, 0.25) is 0 Å². The molecule has 24 heavy (non-hydrogen) atoms. The molecular formula is C15H20ClN3O4S. The molecule has 3 rings (SSSR count). The predicted molar refractivity (Wildman–Crippen MR) is 90.9 cm³/mol. The summed E-state index contributed by atoms with van der Waals surface area (Å²) in [6.45, 7) is 1.71. The van der Waals surface area contributed by atoms with Crippen molar-refractivity contribution in [2.75, 3.05) is 33.7 Å². The SMILES string of the molecule is CNCC1CCN(S(=O)(=O)c2ccc3c(c2)C(=O)N(C)C3=O)C1.Cl. The van der Waals surface area contributed by atoms with Gasteiger partial charge in [0.25, 0.3) is 11.8 Å². The molecule has 0 aromatic heterocycles. The summed E-state index contributed by atoms with van der Waals surface area (Å²) in [5, 5.41) is 3.06. The Morgan fingerprint density at radius 2 is 1.88 bits per heavy atom. The van der Waals surface area contributed by atoms with Crippen LogP contribution < -0.4 is 5.32 Å². The maximum Gasteiger partial charge on any atom is 0.261 e. The van der Waals surface area contributed by atoms with Gasteiger partial charge >= 0.3 is 0 Å². The number of fused-ring (bicyclic) bond motifs is 1. The molecule has 2 aliphatic rings. The Labute approximate surface area is 147 Å². The van der Waals surface area contributed by atoms with Crippen LogP contribution in [0, 0.1) is 5.92 Å². The lowest BCUT2D eigenvalue weighted by Crippen LogP contribution is -2.30. The molecule has 0 radical (unpaired) electrons. The number of carbonyl (C=O) groups is 2. The third-order valence-corrected chi connectivity index (χ3v) is 6.30. The van der Waals surface area contributed by atoms with Gasteiger partial charge in [0.1, 0.15) is 0 Å². The highest BCUT2D eigenvalue weighted by Gasteiger charge is 2.36. The molecule has 2 aliphatic heterocycles. The molecule has 1 unspecified atom stereocenters. The number of nitrogens with one attached hydrogen (secondary N) is 1. The van der Waals surface area contributed by atoms with Crippen molar-refractivity contribution in [2.45, 2.75) is 11.3 Å². The minimum Gasteiger partial charge on any atom is -0.319 e. The van der Waals surface area contributed by atoms with Crippen LogP contribution in [0.15, 0.2) is 23.1 Å². The van der Waals surface area contributed by atoms with Gasteiger partial charge in [0.15, 0.2) is 0 Å². The van der Waals surface area contributed by atoms with Crippen molar-refractivity contribution < 1.29 is 18.0 Å². The summed E-state index contributed by atoms with van der Waals surface area (Å²) in [5.74, 6) is -0.570. The Kier molecular flexibility index (Phi) is 5.34. The van der Waals surface area contributed by atoms with Gasteiger partial charge in [0.2, 0.25) is 10.0 Å². The van der Waals surface area contributed by atoms with E-state index in [1.165, 1.54) is 29.6 Å². The summed E-state index contributed by atoms with van der Waals surface area (Å²) >= 11 is 0. The molecule has 132 valence electrons. The Morgan fingerprint density at radius 3 is 2.54 bits per heavy atom.